The summed E-state index contributed by atoms with van der Waals surface area (Å²) in [4.78, 5) is 3.52. The third kappa shape index (κ3) is 5.88. The Morgan fingerprint density at radius 1 is 1.16 bits per heavy atom. The summed E-state index contributed by atoms with van der Waals surface area (Å²) in [5.41, 5.74) is 1.69. The van der Waals surface area contributed by atoms with Crippen LogP contribution >= 0.6 is 0 Å². The molecule has 9 heteroatoms. The van der Waals surface area contributed by atoms with Crippen molar-refractivity contribution in [2.24, 2.45) is 0 Å². The Hall–Kier alpha value is -1.35. The summed E-state index contributed by atoms with van der Waals surface area (Å²) in [5.74, 6) is 0. The van der Waals surface area contributed by atoms with Gasteiger partial charge in [-0.1, -0.05) is 0 Å². The molecule has 0 aromatic carbocycles. The molecule has 108 valence electrons. The highest BCUT2D eigenvalue weighted by molar-refractivity contribution is 5.16. The van der Waals surface area contributed by atoms with Gasteiger partial charge in [-0.2, -0.15) is 26.3 Å². The highest BCUT2D eigenvalue weighted by Gasteiger charge is 2.31. The highest BCUT2D eigenvalue weighted by Crippen LogP contribution is 2.28. The van der Waals surface area contributed by atoms with Gasteiger partial charge in [-0.3, -0.25) is 4.98 Å². The van der Waals surface area contributed by atoms with Crippen molar-refractivity contribution in [3.63, 3.8) is 0 Å². The minimum absolute atomic E-state index is 0.0925. The summed E-state index contributed by atoms with van der Waals surface area (Å²) in [6.07, 6.45) is -8.19. The summed E-state index contributed by atoms with van der Waals surface area (Å²) < 4.78 is 72.7. The molecule has 0 atom stereocenters. The molecule has 0 radical (unpaired) electrons. The first kappa shape index (κ1) is 15.7. The number of nitrogens with one attached hydrogen (secondary N) is 1. The summed E-state index contributed by atoms with van der Waals surface area (Å²) in [6.45, 7) is -1.27. The van der Waals surface area contributed by atoms with Crippen LogP contribution in [0.1, 0.15) is 11.3 Å². The smallest absolute Gasteiger partial charge is 0.259 e. The molecule has 0 aliphatic carbocycles. The standard InChI is InChI=1S/C10H11F6N3/c1-19(6-9(11,12)13)18-5-8-3-2-7(4-17-8)10(14,15)16/h2-4,18H,5-6H2,1H3. The first-order valence-corrected chi connectivity index (χ1v) is 5.11. The van der Waals surface area contributed by atoms with E-state index in [2.05, 4.69) is 10.4 Å². The molecule has 0 amide bonds. The van der Waals surface area contributed by atoms with E-state index in [-0.39, 0.29) is 12.2 Å². The van der Waals surface area contributed by atoms with Gasteiger partial charge in [-0.25, -0.2) is 10.4 Å². The molecule has 3 nitrogen and oxygen atoms in total. The lowest BCUT2D eigenvalue weighted by molar-refractivity contribution is -0.149. The number of halogens is 6. The molecule has 0 saturated heterocycles. The van der Waals surface area contributed by atoms with E-state index in [9.17, 15) is 26.3 Å². The van der Waals surface area contributed by atoms with Gasteiger partial charge in [0.05, 0.1) is 17.8 Å². The number of hydrogen-bond acceptors (Lipinski definition) is 3. The number of aromatic nitrogens is 1. The van der Waals surface area contributed by atoms with Crippen LogP contribution in [0.25, 0.3) is 0 Å². The molecule has 0 aliphatic rings. The minimum Gasteiger partial charge on any atom is -0.259 e. The van der Waals surface area contributed by atoms with Gasteiger partial charge in [0.25, 0.3) is 0 Å². The van der Waals surface area contributed by atoms with Gasteiger partial charge >= 0.3 is 12.4 Å². The molecular formula is C10H11F6N3. The van der Waals surface area contributed by atoms with E-state index >= 15 is 0 Å². The van der Waals surface area contributed by atoms with E-state index in [0.717, 1.165) is 17.1 Å². The number of rotatable bonds is 4. The van der Waals surface area contributed by atoms with E-state index in [4.69, 9.17) is 0 Å². The fourth-order valence-electron chi connectivity index (χ4n) is 1.24. The Bertz CT molecular complexity index is 397. The molecule has 1 N–H and O–H groups in total. The van der Waals surface area contributed by atoms with E-state index in [1.54, 1.807) is 0 Å². The maximum absolute atomic E-state index is 12.2. The van der Waals surface area contributed by atoms with Crippen LogP contribution in [-0.4, -0.2) is 29.8 Å². The Kier molecular flexibility index (Phi) is 4.75. The van der Waals surface area contributed by atoms with Crippen molar-refractivity contribution in [3.05, 3.63) is 29.6 Å². The lowest BCUT2D eigenvalue weighted by Gasteiger charge is -2.19. The van der Waals surface area contributed by atoms with Crippen LogP contribution in [0.15, 0.2) is 18.3 Å². The van der Waals surface area contributed by atoms with Crippen LogP contribution in [0.3, 0.4) is 0 Å². The Morgan fingerprint density at radius 3 is 2.21 bits per heavy atom. The van der Waals surface area contributed by atoms with Crippen LogP contribution in [0.5, 0.6) is 0 Å². The van der Waals surface area contributed by atoms with Gasteiger partial charge in [0.1, 0.15) is 6.54 Å². The van der Waals surface area contributed by atoms with Gasteiger partial charge in [0.2, 0.25) is 0 Å². The van der Waals surface area contributed by atoms with Crippen LogP contribution in [0, 0.1) is 0 Å². The van der Waals surface area contributed by atoms with Gasteiger partial charge in [-0.05, 0) is 12.1 Å². The van der Waals surface area contributed by atoms with Crippen molar-refractivity contribution in [3.8, 4) is 0 Å². The van der Waals surface area contributed by atoms with Crippen LogP contribution in [0.2, 0.25) is 0 Å². The molecule has 0 spiro atoms. The molecule has 0 saturated carbocycles. The molecule has 1 heterocycles. The molecular weight excluding hydrogens is 276 g/mol. The molecule has 1 aromatic heterocycles. The molecule has 0 aliphatic heterocycles. The zero-order valence-corrected chi connectivity index (χ0v) is 9.81. The largest absolute Gasteiger partial charge is 0.417 e. The zero-order valence-electron chi connectivity index (χ0n) is 9.81. The van der Waals surface area contributed by atoms with E-state index < -0.39 is 24.5 Å². The molecule has 1 rings (SSSR count). The predicted molar refractivity (Wildman–Crippen MR) is 54.8 cm³/mol. The van der Waals surface area contributed by atoms with Crippen molar-refractivity contribution >= 4 is 0 Å². The molecule has 0 bridgehead atoms. The zero-order chi connectivity index (χ0) is 14.7. The summed E-state index contributed by atoms with van der Waals surface area (Å²) in [5, 5.41) is 0.791. The first-order valence-electron chi connectivity index (χ1n) is 5.11. The second kappa shape index (κ2) is 5.74. The number of pyridine rings is 1. The number of hydrogen-bond donors (Lipinski definition) is 1. The van der Waals surface area contributed by atoms with Crippen LogP contribution in [-0.2, 0) is 12.7 Å². The first-order chi connectivity index (χ1) is 8.58. The average Bonchev–Trinajstić information content (AvgIpc) is 2.23. The van der Waals surface area contributed by atoms with Crippen LogP contribution < -0.4 is 5.43 Å². The SMILES string of the molecule is CN(CC(F)(F)F)NCc1ccc(C(F)(F)F)cn1. The fourth-order valence-corrected chi connectivity index (χ4v) is 1.24. The third-order valence-corrected chi connectivity index (χ3v) is 2.10. The quantitative estimate of drug-likeness (QED) is 0.681. The maximum atomic E-state index is 12.2. The fraction of sp³-hybridized carbons (Fsp3) is 0.500. The molecule has 19 heavy (non-hydrogen) atoms. The lowest BCUT2D eigenvalue weighted by Crippen LogP contribution is -2.40. The van der Waals surface area contributed by atoms with Gasteiger partial charge in [0.15, 0.2) is 0 Å². The van der Waals surface area contributed by atoms with Crippen molar-refractivity contribution in [2.75, 3.05) is 13.6 Å². The Labute approximate surface area is 105 Å². The van der Waals surface area contributed by atoms with Gasteiger partial charge in [-0.15, -0.1) is 0 Å². The van der Waals surface area contributed by atoms with Crippen molar-refractivity contribution in [2.45, 2.75) is 18.9 Å². The Morgan fingerprint density at radius 2 is 1.79 bits per heavy atom. The van der Waals surface area contributed by atoms with Crippen molar-refractivity contribution < 1.29 is 26.3 Å². The van der Waals surface area contributed by atoms with E-state index in [1.165, 1.54) is 7.05 Å². The van der Waals surface area contributed by atoms with Crippen LogP contribution in [0.4, 0.5) is 26.3 Å². The second-order valence-electron chi connectivity index (χ2n) is 3.84. The summed E-state index contributed by atoms with van der Waals surface area (Å²) in [7, 11) is 1.18. The highest BCUT2D eigenvalue weighted by atomic mass is 19.4. The summed E-state index contributed by atoms with van der Waals surface area (Å²) in [6, 6.07) is 1.94. The number of hydrazine groups is 1. The number of nitrogens with zero attached hydrogens (tertiary/aromatic N) is 2. The monoisotopic (exact) mass is 287 g/mol. The normalized spacial score (nSPS) is 13.1. The minimum atomic E-state index is -4.48. The third-order valence-electron chi connectivity index (χ3n) is 2.10. The van der Waals surface area contributed by atoms with E-state index in [0.29, 0.717) is 6.20 Å². The molecule has 1 aromatic rings. The lowest BCUT2D eigenvalue weighted by atomic mass is 10.2. The Balaban J connectivity index is 2.51. The predicted octanol–water partition coefficient (Wildman–Crippen LogP) is 2.60. The molecule has 0 fully saturated rings. The second-order valence-corrected chi connectivity index (χ2v) is 3.84. The topological polar surface area (TPSA) is 28.2 Å². The van der Waals surface area contributed by atoms with Crippen molar-refractivity contribution in [1.29, 1.82) is 0 Å². The molecule has 0 unspecified atom stereocenters. The van der Waals surface area contributed by atoms with Crippen molar-refractivity contribution in [1.82, 2.24) is 15.4 Å². The summed E-state index contributed by atoms with van der Waals surface area (Å²) >= 11 is 0. The van der Waals surface area contributed by atoms with Gasteiger partial charge in [0, 0.05) is 13.2 Å². The average molecular weight is 287 g/mol. The van der Waals surface area contributed by atoms with E-state index in [1.807, 2.05) is 0 Å². The number of alkyl halides is 6. The maximum Gasteiger partial charge on any atom is 0.417 e. The van der Waals surface area contributed by atoms with Gasteiger partial charge < -0.3 is 0 Å².